The zero-order chi connectivity index (χ0) is 13.0. The van der Waals surface area contributed by atoms with Crippen molar-refractivity contribution in [1.82, 2.24) is 4.90 Å². The molecule has 2 heteroatoms. The maximum absolute atomic E-state index is 5.95. The fourth-order valence-corrected chi connectivity index (χ4v) is 2.69. The lowest BCUT2D eigenvalue weighted by Crippen LogP contribution is -2.40. The molecule has 0 aliphatic carbocycles. The summed E-state index contributed by atoms with van der Waals surface area (Å²) >= 11 is 0. The van der Waals surface area contributed by atoms with Gasteiger partial charge in [-0.25, -0.2) is 0 Å². The molecule has 0 amide bonds. The van der Waals surface area contributed by atoms with Crippen molar-refractivity contribution in [3.63, 3.8) is 0 Å². The maximum atomic E-state index is 5.95. The molecule has 2 N–H and O–H groups in total. The smallest absolute Gasteiger partial charge is 0.00888 e. The summed E-state index contributed by atoms with van der Waals surface area (Å²) in [6.07, 6.45) is 2.61. The van der Waals surface area contributed by atoms with Gasteiger partial charge in [-0.15, -0.1) is 0 Å². The Morgan fingerprint density at radius 3 is 2.33 bits per heavy atom. The lowest BCUT2D eigenvalue weighted by molar-refractivity contribution is 0.127. The Morgan fingerprint density at radius 1 is 1.17 bits per heavy atom. The molecule has 1 aromatic carbocycles. The first-order valence-electron chi connectivity index (χ1n) is 7.08. The van der Waals surface area contributed by atoms with Gasteiger partial charge in [0.15, 0.2) is 0 Å². The van der Waals surface area contributed by atoms with Crippen molar-refractivity contribution in [2.75, 3.05) is 26.2 Å². The number of piperidine rings is 1. The number of nitrogens with zero attached hydrogens (tertiary/aromatic N) is 1. The minimum atomic E-state index is 0.479. The lowest BCUT2D eigenvalue weighted by Gasteiger charge is -2.38. The molecule has 0 aromatic heterocycles. The minimum Gasteiger partial charge on any atom is -0.330 e. The average Bonchev–Trinajstić information content (AvgIpc) is 2.39. The average molecular weight is 246 g/mol. The fraction of sp³-hybridized carbons (Fsp3) is 0.625. The van der Waals surface area contributed by atoms with Crippen LogP contribution >= 0.6 is 0 Å². The molecular weight excluding hydrogens is 220 g/mol. The molecule has 1 aromatic rings. The van der Waals surface area contributed by atoms with Crippen molar-refractivity contribution in [3.8, 4) is 0 Å². The van der Waals surface area contributed by atoms with Crippen LogP contribution < -0.4 is 5.73 Å². The van der Waals surface area contributed by atoms with E-state index in [9.17, 15) is 0 Å². The van der Waals surface area contributed by atoms with Crippen LogP contribution in [0.3, 0.4) is 0 Å². The molecule has 1 aliphatic heterocycles. The van der Waals surface area contributed by atoms with E-state index in [1.807, 2.05) is 0 Å². The maximum Gasteiger partial charge on any atom is 0.00888 e. The van der Waals surface area contributed by atoms with Gasteiger partial charge in [0, 0.05) is 19.0 Å². The molecule has 0 spiro atoms. The Hall–Kier alpha value is -0.860. The van der Waals surface area contributed by atoms with Crippen LogP contribution in [0.5, 0.6) is 0 Å². The van der Waals surface area contributed by atoms with E-state index in [2.05, 4.69) is 49.1 Å². The molecular formula is C16H26N2. The van der Waals surface area contributed by atoms with E-state index in [1.165, 1.54) is 31.5 Å². The molecule has 0 bridgehead atoms. The van der Waals surface area contributed by atoms with Crippen molar-refractivity contribution in [3.05, 3.63) is 35.9 Å². The quantitative estimate of drug-likeness (QED) is 0.885. The molecule has 0 saturated carbocycles. The number of hydrogen-bond donors (Lipinski definition) is 1. The normalized spacial score (nSPS) is 21.7. The first kappa shape index (κ1) is 13.6. The topological polar surface area (TPSA) is 29.3 Å². The summed E-state index contributed by atoms with van der Waals surface area (Å²) in [4.78, 5) is 2.58. The molecule has 1 aliphatic rings. The molecule has 2 nitrogen and oxygen atoms in total. The SMILES string of the molecule is CC1(C)CCN(CC(CN)c2ccccc2)CC1. The van der Waals surface area contributed by atoms with Crippen LogP contribution in [0.2, 0.25) is 0 Å². The number of hydrogen-bond acceptors (Lipinski definition) is 2. The molecule has 1 atom stereocenters. The number of benzene rings is 1. The van der Waals surface area contributed by atoms with Gasteiger partial charge >= 0.3 is 0 Å². The van der Waals surface area contributed by atoms with Crippen LogP contribution in [0.1, 0.15) is 38.2 Å². The van der Waals surface area contributed by atoms with Crippen LogP contribution in [0.15, 0.2) is 30.3 Å². The number of rotatable bonds is 4. The van der Waals surface area contributed by atoms with Crippen LogP contribution in [0.4, 0.5) is 0 Å². The van der Waals surface area contributed by atoms with Crippen molar-refractivity contribution >= 4 is 0 Å². The second-order valence-electron chi connectivity index (χ2n) is 6.31. The van der Waals surface area contributed by atoms with Gasteiger partial charge in [-0.05, 0) is 36.9 Å². The summed E-state index contributed by atoms with van der Waals surface area (Å²) in [7, 11) is 0. The molecule has 1 unspecified atom stereocenters. The van der Waals surface area contributed by atoms with Gasteiger partial charge in [0.1, 0.15) is 0 Å². The summed E-state index contributed by atoms with van der Waals surface area (Å²) < 4.78 is 0. The first-order chi connectivity index (χ1) is 8.61. The van der Waals surface area contributed by atoms with Gasteiger partial charge < -0.3 is 10.6 Å². The predicted octanol–water partition coefficient (Wildman–Crippen LogP) is 2.85. The van der Waals surface area contributed by atoms with Gasteiger partial charge in [0.2, 0.25) is 0 Å². The van der Waals surface area contributed by atoms with E-state index < -0.39 is 0 Å². The zero-order valence-corrected chi connectivity index (χ0v) is 11.7. The molecule has 1 heterocycles. The third-order valence-electron chi connectivity index (χ3n) is 4.24. The van der Waals surface area contributed by atoms with E-state index in [0.29, 0.717) is 11.3 Å². The van der Waals surface area contributed by atoms with Gasteiger partial charge in [0.05, 0.1) is 0 Å². The van der Waals surface area contributed by atoms with E-state index in [4.69, 9.17) is 5.73 Å². The predicted molar refractivity (Wildman–Crippen MR) is 77.7 cm³/mol. The second-order valence-corrected chi connectivity index (χ2v) is 6.31. The highest BCUT2D eigenvalue weighted by atomic mass is 15.1. The number of likely N-dealkylation sites (tertiary alicyclic amines) is 1. The fourth-order valence-electron chi connectivity index (χ4n) is 2.69. The summed E-state index contributed by atoms with van der Waals surface area (Å²) in [5, 5.41) is 0. The molecule has 1 fully saturated rings. The van der Waals surface area contributed by atoms with Gasteiger partial charge in [-0.3, -0.25) is 0 Å². The molecule has 0 radical (unpaired) electrons. The number of nitrogens with two attached hydrogens (primary N) is 1. The van der Waals surface area contributed by atoms with Crippen molar-refractivity contribution in [2.45, 2.75) is 32.6 Å². The molecule has 2 rings (SSSR count). The molecule has 18 heavy (non-hydrogen) atoms. The van der Waals surface area contributed by atoms with Crippen molar-refractivity contribution in [2.24, 2.45) is 11.1 Å². The Balaban J connectivity index is 1.92. The van der Waals surface area contributed by atoms with Gasteiger partial charge in [0.25, 0.3) is 0 Å². The van der Waals surface area contributed by atoms with Gasteiger partial charge in [-0.2, -0.15) is 0 Å². The Labute approximate surface area is 111 Å². The van der Waals surface area contributed by atoms with Crippen LogP contribution in [-0.4, -0.2) is 31.1 Å². The summed E-state index contributed by atoms with van der Waals surface area (Å²) in [6.45, 7) is 9.04. The monoisotopic (exact) mass is 246 g/mol. The third-order valence-corrected chi connectivity index (χ3v) is 4.24. The largest absolute Gasteiger partial charge is 0.330 e. The lowest BCUT2D eigenvalue weighted by atomic mass is 9.82. The summed E-state index contributed by atoms with van der Waals surface area (Å²) in [6, 6.07) is 10.7. The third kappa shape index (κ3) is 3.56. The van der Waals surface area contributed by atoms with E-state index >= 15 is 0 Å². The summed E-state index contributed by atoms with van der Waals surface area (Å²) in [5.74, 6) is 0.479. The van der Waals surface area contributed by atoms with E-state index in [1.54, 1.807) is 0 Å². The highest BCUT2D eigenvalue weighted by Gasteiger charge is 2.26. The highest BCUT2D eigenvalue weighted by Crippen LogP contribution is 2.30. The van der Waals surface area contributed by atoms with Crippen LogP contribution in [0, 0.1) is 5.41 Å². The Morgan fingerprint density at radius 2 is 1.78 bits per heavy atom. The second kappa shape index (κ2) is 5.85. The van der Waals surface area contributed by atoms with Gasteiger partial charge in [-0.1, -0.05) is 44.2 Å². The minimum absolute atomic E-state index is 0.479. The van der Waals surface area contributed by atoms with Crippen molar-refractivity contribution in [1.29, 1.82) is 0 Å². The van der Waals surface area contributed by atoms with E-state index in [0.717, 1.165) is 13.1 Å². The van der Waals surface area contributed by atoms with Crippen molar-refractivity contribution < 1.29 is 0 Å². The Bertz CT molecular complexity index is 349. The van der Waals surface area contributed by atoms with Crippen LogP contribution in [-0.2, 0) is 0 Å². The molecule has 100 valence electrons. The highest BCUT2D eigenvalue weighted by molar-refractivity contribution is 5.20. The first-order valence-corrected chi connectivity index (χ1v) is 7.08. The zero-order valence-electron chi connectivity index (χ0n) is 11.7. The summed E-state index contributed by atoms with van der Waals surface area (Å²) in [5.41, 5.74) is 7.86. The Kier molecular flexibility index (Phi) is 4.41. The standard InChI is InChI=1S/C16H26N2/c1-16(2)8-10-18(11-9-16)13-15(12-17)14-6-4-3-5-7-14/h3-7,15H,8-13,17H2,1-2H3. The van der Waals surface area contributed by atoms with E-state index in [-0.39, 0.29) is 0 Å². The van der Waals surface area contributed by atoms with Crippen LogP contribution in [0.25, 0.3) is 0 Å². The molecule has 1 saturated heterocycles.